The van der Waals surface area contributed by atoms with Crippen LogP contribution in [0.25, 0.3) is 44.5 Å². The molecule has 0 fully saturated rings. The molecule has 0 atom stereocenters. The van der Waals surface area contributed by atoms with Gasteiger partial charge in [0.15, 0.2) is 0 Å². The summed E-state index contributed by atoms with van der Waals surface area (Å²) in [4.78, 5) is 5.25. The van der Waals surface area contributed by atoms with E-state index in [0.29, 0.717) is 0 Å². The highest BCUT2D eigenvalue weighted by molar-refractivity contribution is 7.00. The molecular weight excluding hydrogens is 904 g/mol. The molecule has 0 N–H and O–H groups in total. The van der Waals surface area contributed by atoms with Crippen LogP contribution in [-0.4, -0.2) is 6.71 Å². The first kappa shape index (κ1) is 41.5. The Bertz CT molecular complexity index is 3960. The lowest BCUT2D eigenvalue weighted by molar-refractivity contribution is 0.590. The van der Waals surface area contributed by atoms with E-state index in [-0.39, 0.29) is 12.1 Å². The van der Waals surface area contributed by atoms with Gasteiger partial charge in [-0.05, 0) is 165 Å². The van der Waals surface area contributed by atoms with Crippen LogP contribution in [0.5, 0.6) is 0 Å². The molecule has 11 aromatic carbocycles. The largest absolute Gasteiger partial charge is 0.311 e. The lowest BCUT2D eigenvalue weighted by Gasteiger charge is -2.46. The molecule has 6 aliphatic rings. The van der Waals surface area contributed by atoms with E-state index in [9.17, 15) is 0 Å². The van der Waals surface area contributed by atoms with Crippen molar-refractivity contribution in [1.29, 1.82) is 0 Å². The maximum Gasteiger partial charge on any atom is 0.252 e. The Morgan fingerprint density at radius 3 is 0.907 bits per heavy atom. The summed E-state index contributed by atoms with van der Waals surface area (Å²) in [6.07, 6.45) is 0. The molecule has 350 valence electrons. The van der Waals surface area contributed by atoms with Gasteiger partial charge in [-0.1, -0.05) is 215 Å². The number of nitrogens with zero attached hydrogens (tertiary/aromatic N) is 2. The second-order valence-electron chi connectivity index (χ2n) is 22.6. The third kappa shape index (κ3) is 5.02. The van der Waals surface area contributed by atoms with Crippen LogP contribution in [0.3, 0.4) is 0 Å². The van der Waals surface area contributed by atoms with Crippen molar-refractivity contribution in [2.75, 3.05) is 9.80 Å². The second kappa shape index (κ2) is 14.4. The minimum Gasteiger partial charge on any atom is -0.311 e. The van der Waals surface area contributed by atoms with Crippen LogP contribution in [0.4, 0.5) is 34.1 Å². The summed E-state index contributed by atoms with van der Waals surface area (Å²) >= 11 is 0. The lowest BCUT2D eigenvalue weighted by atomic mass is 9.33. The monoisotopic (exact) mass is 952 g/mol. The molecule has 2 nitrogen and oxygen atoms in total. The SMILES string of the molecule is CC(C)(C)c1cc2c3c(c1)N(c1ccccc1)c1cc4c(cc1B3c1cc3c(cc1N2c1ccccc1)C1(c2ccccc2-c2ccccc21)c1ccccc1-3)-c1ccccc1C41c2ccccc2-c2ccccc21. The van der Waals surface area contributed by atoms with Crippen LogP contribution in [0, 0.1) is 0 Å². The second-order valence-corrected chi connectivity index (χ2v) is 22.6. The fourth-order valence-electron chi connectivity index (χ4n) is 15.3. The number of anilines is 6. The van der Waals surface area contributed by atoms with Gasteiger partial charge in [-0.2, -0.15) is 0 Å². The van der Waals surface area contributed by atoms with E-state index >= 15 is 0 Å². The van der Waals surface area contributed by atoms with Crippen LogP contribution < -0.4 is 26.2 Å². The van der Waals surface area contributed by atoms with Crippen LogP contribution in [0.1, 0.15) is 70.8 Å². The van der Waals surface area contributed by atoms with Gasteiger partial charge in [0.1, 0.15) is 0 Å². The van der Waals surface area contributed by atoms with E-state index in [1.165, 1.54) is 134 Å². The smallest absolute Gasteiger partial charge is 0.252 e. The van der Waals surface area contributed by atoms with Crippen LogP contribution in [0.2, 0.25) is 0 Å². The van der Waals surface area contributed by atoms with Crippen LogP contribution in [0.15, 0.2) is 243 Å². The van der Waals surface area contributed by atoms with Crippen LogP contribution in [-0.2, 0) is 16.2 Å². The normalized spacial score (nSPS) is 15.3. The summed E-state index contributed by atoms with van der Waals surface area (Å²) < 4.78 is 0. The molecule has 0 unspecified atom stereocenters. The van der Waals surface area contributed by atoms with Gasteiger partial charge >= 0.3 is 0 Å². The lowest BCUT2D eigenvalue weighted by Crippen LogP contribution is -2.61. The molecule has 2 spiro atoms. The van der Waals surface area contributed by atoms with E-state index in [4.69, 9.17) is 0 Å². The molecular formula is C72H49BN2. The summed E-state index contributed by atoms with van der Waals surface area (Å²) in [6.45, 7) is 7.02. The van der Waals surface area contributed by atoms with E-state index in [2.05, 4.69) is 273 Å². The van der Waals surface area contributed by atoms with Gasteiger partial charge in [0.25, 0.3) is 6.71 Å². The van der Waals surface area contributed by atoms with Gasteiger partial charge in [0, 0.05) is 34.1 Å². The first-order valence-electron chi connectivity index (χ1n) is 26.7. The summed E-state index contributed by atoms with van der Waals surface area (Å²) in [6, 6.07) is 93.3. The molecule has 0 saturated carbocycles. The van der Waals surface area contributed by atoms with Gasteiger partial charge < -0.3 is 9.80 Å². The highest BCUT2D eigenvalue weighted by Gasteiger charge is 2.56. The number of benzene rings is 11. The van der Waals surface area contributed by atoms with Crippen molar-refractivity contribution in [3.63, 3.8) is 0 Å². The van der Waals surface area contributed by atoms with Gasteiger partial charge in [-0.3, -0.25) is 0 Å². The van der Waals surface area contributed by atoms with Gasteiger partial charge in [-0.15, -0.1) is 0 Å². The first-order valence-corrected chi connectivity index (χ1v) is 26.7. The highest BCUT2D eigenvalue weighted by Crippen LogP contribution is 2.66. The van der Waals surface area contributed by atoms with Gasteiger partial charge in [0.2, 0.25) is 0 Å². The molecule has 4 aliphatic carbocycles. The number of para-hydroxylation sites is 2. The standard InChI is InChI=1S/C72H49BN2/c1-70(2,3)44-38-67-69-68(39-44)75(46-24-8-5-9-25-46)66-43-62-54(52-31-15-21-37-60(52)72(62)57-34-18-12-28-49(57)50-29-13-19-35-58(50)72)41-64(66)73(69)63-40-53-51-30-14-20-36-59(51)71(61(53)42-65(63)74(67)45-22-6-4-7-23-45)55-32-16-10-26-47(55)48-27-11-17-33-56(48)71/h4-43H,1-3H3. The summed E-state index contributed by atoms with van der Waals surface area (Å²) in [5.41, 5.74) is 32.8. The van der Waals surface area contributed by atoms with E-state index in [1.807, 2.05) is 0 Å². The summed E-state index contributed by atoms with van der Waals surface area (Å²) in [5.74, 6) is 0. The minimum atomic E-state index is -0.490. The Morgan fingerprint density at radius 2 is 0.587 bits per heavy atom. The van der Waals surface area contributed by atoms with Crippen molar-refractivity contribution in [3.05, 3.63) is 293 Å². The average Bonchev–Trinajstić information content (AvgIpc) is 4.17. The van der Waals surface area contributed by atoms with E-state index < -0.39 is 10.8 Å². The number of fused-ring (bicyclic) bond motifs is 24. The Kier molecular flexibility index (Phi) is 8.00. The molecule has 0 bridgehead atoms. The summed E-state index contributed by atoms with van der Waals surface area (Å²) in [7, 11) is 0. The molecule has 17 rings (SSSR count). The average molecular weight is 953 g/mol. The highest BCUT2D eigenvalue weighted by atomic mass is 15.2. The molecule has 3 heteroatoms. The molecule has 0 radical (unpaired) electrons. The third-order valence-corrected chi connectivity index (χ3v) is 18.2. The van der Waals surface area contributed by atoms with Crippen molar-refractivity contribution in [3.8, 4) is 44.5 Å². The van der Waals surface area contributed by atoms with Crippen molar-refractivity contribution in [1.82, 2.24) is 0 Å². The fourth-order valence-corrected chi connectivity index (χ4v) is 15.3. The van der Waals surface area contributed by atoms with Crippen molar-refractivity contribution in [2.24, 2.45) is 0 Å². The Balaban J connectivity index is 1.03. The predicted molar refractivity (Wildman–Crippen MR) is 312 cm³/mol. The Labute approximate surface area is 438 Å². The van der Waals surface area contributed by atoms with Crippen molar-refractivity contribution >= 4 is 57.2 Å². The zero-order valence-electron chi connectivity index (χ0n) is 42.1. The number of hydrogen-bond acceptors (Lipinski definition) is 2. The predicted octanol–water partition coefficient (Wildman–Crippen LogP) is 15.8. The Hall–Kier alpha value is -8.92. The van der Waals surface area contributed by atoms with Crippen molar-refractivity contribution < 1.29 is 0 Å². The quantitative estimate of drug-likeness (QED) is 0.159. The first-order chi connectivity index (χ1) is 36.9. The maximum absolute atomic E-state index is 2.64. The van der Waals surface area contributed by atoms with Crippen molar-refractivity contribution in [2.45, 2.75) is 37.0 Å². The molecule has 0 aromatic heterocycles. The summed E-state index contributed by atoms with van der Waals surface area (Å²) in [5, 5.41) is 0. The maximum atomic E-state index is 2.64. The van der Waals surface area contributed by atoms with Crippen LogP contribution >= 0.6 is 0 Å². The van der Waals surface area contributed by atoms with Gasteiger partial charge in [-0.25, -0.2) is 0 Å². The van der Waals surface area contributed by atoms with E-state index in [0.717, 1.165) is 11.4 Å². The van der Waals surface area contributed by atoms with Gasteiger partial charge in [0.05, 0.1) is 10.8 Å². The number of hydrogen-bond donors (Lipinski definition) is 0. The molecule has 11 aromatic rings. The zero-order chi connectivity index (χ0) is 49.5. The molecule has 0 saturated heterocycles. The molecule has 2 heterocycles. The Morgan fingerprint density at radius 1 is 0.293 bits per heavy atom. The molecule has 75 heavy (non-hydrogen) atoms. The minimum absolute atomic E-state index is 0.0942. The van der Waals surface area contributed by atoms with E-state index in [1.54, 1.807) is 0 Å². The number of rotatable bonds is 2. The third-order valence-electron chi connectivity index (χ3n) is 18.2. The topological polar surface area (TPSA) is 6.48 Å². The fraction of sp³-hybridized carbons (Fsp3) is 0.0833. The molecule has 2 aliphatic heterocycles. The zero-order valence-corrected chi connectivity index (χ0v) is 42.1. The molecule has 0 amide bonds.